The Morgan fingerprint density at radius 3 is 2.85 bits per heavy atom. The van der Waals surface area contributed by atoms with E-state index in [1.54, 1.807) is 6.92 Å². The van der Waals surface area contributed by atoms with Crippen molar-refractivity contribution in [1.82, 2.24) is 10.6 Å². The predicted molar refractivity (Wildman–Crippen MR) is 72.8 cm³/mol. The minimum atomic E-state index is -1.04. The second kappa shape index (κ2) is 6.27. The van der Waals surface area contributed by atoms with Gasteiger partial charge in [0.05, 0.1) is 6.54 Å². The molecule has 108 valence electrons. The maximum atomic E-state index is 11.6. The van der Waals surface area contributed by atoms with Crippen LogP contribution in [0.1, 0.15) is 18.9 Å². The maximum Gasteiger partial charge on any atom is 0.326 e. The number of nitrogens with one attached hydrogen (secondary N) is 2. The van der Waals surface area contributed by atoms with Gasteiger partial charge in [0.1, 0.15) is 17.9 Å². The van der Waals surface area contributed by atoms with E-state index in [4.69, 9.17) is 9.84 Å². The summed E-state index contributed by atoms with van der Waals surface area (Å²) in [6.45, 7) is 2.05. The van der Waals surface area contributed by atoms with Crippen molar-refractivity contribution in [3.63, 3.8) is 0 Å². The van der Waals surface area contributed by atoms with Crippen LogP contribution >= 0.6 is 0 Å². The lowest BCUT2D eigenvalue weighted by Gasteiger charge is -2.15. The van der Waals surface area contributed by atoms with Gasteiger partial charge in [-0.25, -0.2) is 9.59 Å². The summed E-state index contributed by atoms with van der Waals surface area (Å²) in [4.78, 5) is 22.4. The average molecular weight is 278 g/mol. The lowest BCUT2D eigenvalue weighted by atomic mass is 10.1. The summed E-state index contributed by atoms with van der Waals surface area (Å²) in [5.74, 6) is -0.191. The molecular weight excluding hydrogens is 260 g/mol. The van der Waals surface area contributed by atoms with Crippen molar-refractivity contribution in [2.24, 2.45) is 0 Å². The number of carboxylic acids is 1. The van der Waals surface area contributed by atoms with Crippen LogP contribution in [0.3, 0.4) is 0 Å². The maximum absolute atomic E-state index is 11.6. The molecule has 1 aliphatic rings. The van der Waals surface area contributed by atoms with Crippen LogP contribution in [0.25, 0.3) is 0 Å². The van der Waals surface area contributed by atoms with Crippen LogP contribution in [0.15, 0.2) is 24.3 Å². The summed E-state index contributed by atoms with van der Waals surface area (Å²) in [5.41, 5.74) is 1.12. The number of fused-ring (bicyclic) bond motifs is 1. The number of rotatable bonds is 5. The second-order valence-electron chi connectivity index (χ2n) is 4.71. The van der Waals surface area contributed by atoms with Crippen LogP contribution < -0.4 is 15.4 Å². The monoisotopic (exact) mass is 278 g/mol. The number of hydrogen-bond donors (Lipinski definition) is 3. The van der Waals surface area contributed by atoms with Gasteiger partial charge in [0.2, 0.25) is 0 Å². The van der Waals surface area contributed by atoms with Crippen LogP contribution in [-0.2, 0) is 11.2 Å². The molecule has 20 heavy (non-hydrogen) atoms. The Morgan fingerprint density at radius 2 is 2.20 bits per heavy atom. The van der Waals surface area contributed by atoms with E-state index < -0.39 is 18.0 Å². The van der Waals surface area contributed by atoms with Gasteiger partial charge in [-0.05, 0) is 18.1 Å². The first-order valence-electron chi connectivity index (χ1n) is 6.62. The number of ether oxygens (including phenoxy) is 1. The van der Waals surface area contributed by atoms with Gasteiger partial charge in [0.15, 0.2) is 0 Å². The number of carbonyl (C=O) groups is 2. The summed E-state index contributed by atoms with van der Waals surface area (Å²) in [6.07, 6.45) is 0.976. The van der Waals surface area contributed by atoms with Gasteiger partial charge in [-0.2, -0.15) is 0 Å². The van der Waals surface area contributed by atoms with Crippen molar-refractivity contribution in [2.75, 3.05) is 6.54 Å². The summed E-state index contributed by atoms with van der Waals surface area (Å²) < 4.78 is 5.68. The van der Waals surface area contributed by atoms with E-state index in [0.29, 0.717) is 13.0 Å². The Hall–Kier alpha value is -2.24. The fraction of sp³-hybridized carbons (Fsp3) is 0.429. The largest absolute Gasteiger partial charge is 0.488 e. The standard InChI is InChI=1S/C14H18N2O4/c1-2-11(13(17)18)16-14(19)15-8-10-7-9-5-3-4-6-12(9)20-10/h3-6,10-11H,2,7-8H2,1H3,(H,17,18)(H2,15,16,19). The first-order chi connectivity index (χ1) is 9.60. The van der Waals surface area contributed by atoms with E-state index >= 15 is 0 Å². The van der Waals surface area contributed by atoms with Gasteiger partial charge < -0.3 is 20.5 Å². The molecule has 0 radical (unpaired) electrons. The molecule has 3 N–H and O–H groups in total. The summed E-state index contributed by atoms with van der Waals surface area (Å²) in [6, 6.07) is 6.39. The van der Waals surface area contributed by atoms with E-state index in [1.165, 1.54) is 0 Å². The molecule has 1 aromatic rings. The predicted octanol–water partition coefficient (Wildman–Crippen LogP) is 1.15. The molecule has 0 aromatic heterocycles. The van der Waals surface area contributed by atoms with Crippen LogP contribution in [-0.4, -0.2) is 35.8 Å². The molecule has 0 saturated heterocycles. The number of carboxylic acid groups (broad SMARTS) is 1. The first-order valence-corrected chi connectivity index (χ1v) is 6.62. The van der Waals surface area contributed by atoms with Gasteiger partial charge in [-0.15, -0.1) is 0 Å². The molecule has 1 aliphatic heterocycles. The van der Waals surface area contributed by atoms with Crippen molar-refractivity contribution in [1.29, 1.82) is 0 Å². The molecule has 0 saturated carbocycles. The molecule has 6 nitrogen and oxygen atoms in total. The molecule has 2 amide bonds. The number of carbonyl (C=O) groups excluding carboxylic acids is 1. The number of hydrogen-bond acceptors (Lipinski definition) is 3. The first kappa shape index (κ1) is 14.2. The van der Waals surface area contributed by atoms with Crippen LogP contribution in [0.5, 0.6) is 5.75 Å². The highest BCUT2D eigenvalue weighted by atomic mass is 16.5. The normalized spacial score (nSPS) is 17.8. The number of benzene rings is 1. The minimum absolute atomic E-state index is 0.108. The molecule has 2 rings (SSSR count). The molecule has 0 fully saturated rings. The highest BCUT2D eigenvalue weighted by molar-refractivity contribution is 5.82. The number of urea groups is 1. The molecule has 6 heteroatoms. The van der Waals surface area contributed by atoms with E-state index in [0.717, 1.165) is 17.7 Å². The third kappa shape index (κ3) is 3.40. The number of aliphatic carboxylic acids is 1. The van der Waals surface area contributed by atoms with Crippen molar-refractivity contribution >= 4 is 12.0 Å². The Morgan fingerprint density at radius 1 is 1.45 bits per heavy atom. The van der Waals surface area contributed by atoms with Gasteiger partial charge in [-0.1, -0.05) is 25.1 Å². The molecule has 2 unspecified atom stereocenters. The Labute approximate surface area is 117 Å². The Kier molecular flexibility index (Phi) is 4.45. The van der Waals surface area contributed by atoms with Crippen LogP contribution in [0, 0.1) is 0 Å². The SMILES string of the molecule is CCC(NC(=O)NCC1Cc2ccccc2O1)C(=O)O. The molecule has 2 atom stereocenters. The fourth-order valence-corrected chi connectivity index (χ4v) is 2.12. The number of para-hydroxylation sites is 1. The third-order valence-electron chi connectivity index (χ3n) is 3.22. The Balaban J connectivity index is 1.77. The van der Waals surface area contributed by atoms with Gasteiger partial charge in [0, 0.05) is 6.42 Å². The molecule has 1 heterocycles. The van der Waals surface area contributed by atoms with Crippen LogP contribution in [0.2, 0.25) is 0 Å². The zero-order valence-electron chi connectivity index (χ0n) is 11.3. The van der Waals surface area contributed by atoms with Gasteiger partial charge >= 0.3 is 12.0 Å². The van der Waals surface area contributed by atoms with Gasteiger partial charge in [0.25, 0.3) is 0 Å². The van der Waals surface area contributed by atoms with Crippen molar-refractivity contribution in [3.8, 4) is 5.75 Å². The molecule has 1 aromatic carbocycles. The topological polar surface area (TPSA) is 87.7 Å². The molecule has 0 aliphatic carbocycles. The van der Waals surface area contributed by atoms with Crippen molar-refractivity contribution < 1.29 is 19.4 Å². The molecule has 0 spiro atoms. The zero-order chi connectivity index (χ0) is 14.5. The van der Waals surface area contributed by atoms with E-state index in [2.05, 4.69) is 10.6 Å². The lowest BCUT2D eigenvalue weighted by molar-refractivity contribution is -0.139. The average Bonchev–Trinajstić information content (AvgIpc) is 2.85. The second-order valence-corrected chi connectivity index (χ2v) is 4.71. The van der Waals surface area contributed by atoms with E-state index in [1.807, 2.05) is 24.3 Å². The van der Waals surface area contributed by atoms with Crippen molar-refractivity contribution in [2.45, 2.75) is 31.9 Å². The lowest BCUT2D eigenvalue weighted by Crippen LogP contribution is -2.47. The summed E-state index contributed by atoms with van der Waals surface area (Å²) in [7, 11) is 0. The van der Waals surface area contributed by atoms with Gasteiger partial charge in [-0.3, -0.25) is 0 Å². The summed E-state index contributed by atoms with van der Waals surface area (Å²) in [5, 5.41) is 13.9. The third-order valence-corrected chi connectivity index (χ3v) is 3.22. The molecule has 0 bridgehead atoms. The highest BCUT2D eigenvalue weighted by Crippen LogP contribution is 2.27. The van der Waals surface area contributed by atoms with E-state index in [9.17, 15) is 9.59 Å². The fourth-order valence-electron chi connectivity index (χ4n) is 2.12. The molecular formula is C14H18N2O4. The minimum Gasteiger partial charge on any atom is -0.488 e. The quantitative estimate of drug-likeness (QED) is 0.754. The van der Waals surface area contributed by atoms with E-state index in [-0.39, 0.29) is 6.10 Å². The number of amides is 2. The van der Waals surface area contributed by atoms with Crippen LogP contribution in [0.4, 0.5) is 4.79 Å². The zero-order valence-corrected chi connectivity index (χ0v) is 11.3. The Bertz CT molecular complexity index is 479. The van der Waals surface area contributed by atoms with Crippen molar-refractivity contribution in [3.05, 3.63) is 29.8 Å². The highest BCUT2D eigenvalue weighted by Gasteiger charge is 2.23. The summed E-state index contributed by atoms with van der Waals surface area (Å²) >= 11 is 0. The smallest absolute Gasteiger partial charge is 0.326 e.